The Morgan fingerprint density at radius 3 is 2.67 bits per heavy atom. The summed E-state index contributed by atoms with van der Waals surface area (Å²) in [4.78, 5) is 36.6. The van der Waals surface area contributed by atoms with E-state index in [4.69, 9.17) is 9.47 Å². The van der Waals surface area contributed by atoms with Crippen LogP contribution in [-0.2, 0) is 4.79 Å². The van der Waals surface area contributed by atoms with Crippen LogP contribution in [0.15, 0.2) is 59.4 Å². The molecule has 0 spiro atoms. The van der Waals surface area contributed by atoms with Crippen LogP contribution in [0.3, 0.4) is 0 Å². The number of fused-ring (bicyclic) bond motifs is 1. The Labute approximate surface area is 172 Å². The fraction of sp³-hybridized carbons (Fsp3) is 0.182. The average molecular weight is 405 g/mol. The number of rotatable bonds is 5. The summed E-state index contributed by atoms with van der Waals surface area (Å²) >= 11 is 0. The van der Waals surface area contributed by atoms with Crippen LogP contribution in [0.1, 0.15) is 30.2 Å². The number of nitrogens with one attached hydrogen (secondary N) is 1. The minimum absolute atomic E-state index is 0.103. The quantitative estimate of drug-likeness (QED) is 0.655. The molecule has 0 saturated carbocycles. The molecule has 3 aromatic rings. The monoisotopic (exact) mass is 405 g/mol. The average Bonchev–Trinajstić information content (AvgIpc) is 3.21. The standard InChI is InChI=1S/C22H19N3O5/c1-13(22(28)23-17-5-3-4-15(10-17)14(2)26)25-21(27)9-7-18(24-25)16-6-8-19-20(11-16)30-12-29-19/h3-11,13H,12H2,1-2H3,(H,23,28). The summed E-state index contributed by atoms with van der Waals surface area (Å²) < 4.78 is 11.8. The van der Waals surface area contributed by atoms with Crippen LogP contribution in [-0.4, -0.2) is 28.3 Å². The molecule has 1 aromatic heterocycles. The van der Waals surface area contributed by atoms with Crippen molar-refractivity contribution in [1.29, 1.82) is 0 Å². The molecule has 2 aromatic carbocycles. The van der Waals surface area contributed by atoms with Gasteiger partial charge in [0.2, 0.25) is 12.7 Å². The molecule has 0 bridgehead atoms. The topological polar surface area (TPSA) is 99.5 Å². The van der Waals surface area contributed by atoms with E-state index in [0.717, 1.165) is 10.2 Å². The second-order valence-electron chi connectivity index (χ2n) is 6.87. The fourth-order valence-electron chi connectivity index (χ4n) is 3.09. The fourth-order valence-corrected chi connectivity index (χ4v) is 3.09. The molecule has 4 rings (SSSR count). The number of ketones is 1. The molecule has 1 atom stereocenters. The van der Waals surface area contributed by atoms with Crippen LogP contribution in [0.25, 0.3) is 11.3 Å². The number of anilines is 1. The van der Waals surface area contributed by atoms with Crippen molar-refractivity contribution >= 4 is 17.4 Å². The minimum Gasteiger partial charge on any atom is -0.454 e. The van der Waals surface area contributed by atoms with Gasteiger partial charge in [-0.15, -0.1) is 0 Å². The second-order valence-corrected chi connectivity index (χ2v) is 6.87. The number of hydrogen-bond donors (Lipinski definition) is 1. The van der Waals surface area contributed by atoms with Crippen LogP contribution in [0, 0.1) is 0 Å². The molecule has 1 aliphatic rings. The molecule has 1 N–H and O–H groups in total. The summed E-state index contributed by atoms with van der Waals surface area (Å²) in [6, 6.07) is 14.1. The van der Waals surface area contributed by atoms with Crippen molar-refractivity contribution in [2.45, 2.75) is 19.9 Å². The highest BCUT2D eigenvalue weighted by molar-refractivity contribution is 5.97. The van der Waals surface area contributed by atoms with Crippen LogP contribution in [0.4, 0.5) is 5.69 Å². The number of carbonyl (C=O) groups is 2. The summed E-state index contributed by atoms with van der Waals surface area (Å²) in [5, 5.41) is 7.10. The number of hydrogen-bond acceptors (Lipinski definition) is 6. The molecule has 0 radical (unpaired) electrons. The van der Waals surface area contributed by atoms with Gasteiger partial charge in [-0.25, -0.2) is 4.68 Å². The number of carbonyl (C=O) groups excluding carboxylic acids is 2. The molecule has 1 unspecified atom stereocenters. The number of amides is 1. The third-order valence-corrected chi connectivity index (χ3v) is 4.78. The van der Waals surface area contributed by atoms with Gasteiger partial charge >= 0.3 is 0 Å². The van der Waals surface area contributed by atoms with Crippen molar-refractivity contribution in [1.82, 2.24) is 9.78 Å². The Morgan fingerprint density at radius 2 is 1.87 bits per heavy atom. The zero-order chi connectivity index (χ0) is 21.3. The highest BCUT2D eigenvalue weighted by Gasteiger charge is 2.20. The van der Waals surface area contributed by atoms with E-state index < -0.39 is 17.5 Å². The molecule has 8 heteroatoms. The van der Waals surface area contributed by atoms with Gasteiger partial charge in [0.15, 0.2) is 17.3 Å². The number of ether oxygens (including phenoxy) is 2. The van der Waals surface area contributed by atoms with E-state index in [2.05, 4.69) is 10.4 Å². The Balaban J connectivity index is 1.59. The molecule has 1 amide bonds. The molecule has 152 valence electrons. The van der Waals surface area contributed by atoms with Gasteiger partial charge in [0.25, 0.3) is 5.56 Å². The molecular weight excluding hydrogens is 386 g/mol. The van der Waals surface area contributed by atoms with Gasteiger partial charge in [0.05, 0.1) is 5.69 Å². The van der Waals surface area contributed by atoms with E-state index in [1.165, 1.54) is 13.0 Å². The van der Waals surface area contributed by atoms with Crippen LogP contribution >= 0.6 is 0 Å². The predicted molar refractivity (Wildman–Crippen MR) is 110 cm³/mol. The molecule has 30 heavy (non-hydrogen) atoms. The van der Waals surface area contributed by atoms with E-state index in [1.807, 2.05) is 6.07 Å². The van der Waals surface area contributed by atoms with Crippen molar-refractivity contribution in [2.24, 2.45) is 0 Å². The van der Waals surface area contributed by atoms with Gasteiger partial charge in [-0.2, -0.15) is 5.10 Å². The SMILES string of the molecule is CC(=O)c1cccc(NC(=O)C(C)n2nc(-c3ccc4c(c3)OCO4)ccc2=O)c1. The highest BCUT2D eigenvalue weighted by Crippen LogP contribution is 2.35. The first kappa shape index (κ1) is 19.4. The molecule has 8 nitrogen and oxygen atoms in total. The summed E-state index contributed by atoms with van der Waals surface area (Å²) in [6.45, 7) is 3.20. The zero-order valence-electron chi connectivity index (χ0n) is 16.4. The lowest BCUT2D eigenvalue weighted by atomic mass is 10.1. The normalized spacial score (nSPS) is 13.0. The Morgan fingerprint density at radius 1 is 1.07 bits per heavy atom. The van der Waals surface area contributed by atoms with E-state index in [-0.39, 0.29) is 12.6 Å². The van der Waals surface area contributed by atoms with Gasteiger partial charge in [-0.3, -0.25) is 14.4 Å². The molecule has 2 heterocycles. The largest absolute Gasteiger partial charge is 0.454 e. The number of benzene rings is 2. The molecule has 0 aliphatic carbocycles. The summed E-state index contributed by atoms with van der Waals surface area (Å²) in [5.41, 5.74) is 1.81. The second kappa shape index (κ2) is 7.82. The lowest BCUT2D eigenvalue weighted by Crippen LogP contribution is -2.33. The minimum atomic E-state index is -0.868. The predicted octanol–water partition coefficient (Wildman–Crippen LogP) is 3.04. The lowest BCUT2D eigenvalue weighted by molar-refractivity contribution is -0.119. The smallest absolute Gasteiger partial charge is 0.267 e. The summed E-state index contributed by atoms with van der Waals surface area (Å²) in [5.74, 6) is 0.720. The Bertz CT molecular complexity index is 1200. The first-order valence-electron chi connectivity index (χ1n) is 9.34. The maximum atomic E-state index is 12.7. The van der Waals surface area contributed by atoms with Crippen molar-refractivity contribution in [3.8, 4) is 22.8 Å². The lowest BCUT2D eigenvalue weighted by Gasteiger charge is -2.15. The maximum absolute atomic E-state index is 12.7. The van der Waals surface area contributed by atoms with Crippen molar-refractivity contribution in [3.05, 3.63) is 70.5 Å². The zero-order valence-corrected chi connectivity index (χ0v) is 16.4. The van der Waals surface area contributed by atoms with Crippen LogP contribution < -0.4 is 20.3 Å². The van der Waals surface area contributed by atoms with E-state index in [9.17, 15) is 14.4 Å². The molecule has 0 saturated heterocycles. The van der Waals surface area contributed by atoms with Gasteiger partial charge < -0.3 is 14.8 Å². The number of Topliss-reactive ketones (excluding diaryl/α,β-unsaturated/α-hetero) is 1. The van der Waals surface area contributed by atoms with E-state index >= 15 is 0 Å². The van der Waals surface area contributed by atoms with Crippen molar-refractivity contribution in [2.75, 3.05) is 12.1 Å². The Kier molecular flexibility index (Phi) is 5.05. The van der Waals surface area contributed by atoms with Gasteiger partial charge in [0, 0.05) is 22.9 Å². The molecular formula is C22H19N3O5. The van der Waals surface area contributed by atoms with Gasteiger partial charge in [-0.05, 0) is 50.2 Å². The first-order valence-corrected chi connectivity index (χ1v) is 9.34. The first-order chi connectivity index (χ1) is 14.4. The molecule has 0 fully saturated rings. The van der Waals surface area contributed by atoms with Gasteiger partial charge in [0.1, 0.15) is 6.04 Å². The van der Waals surface area contributed by atoms with Crippen molar-refractivity contribution < 1.29 is 19.1 Å². The third-order valence-electron chi connectivity index (χ3n) is 4.78. The summed E-state index contributed by atoms with van der Waals surface area (Å²) in [7, 11) is 0. The van der Waals surface area contributed by atoms with Crippen LogP contribution in [0.5, 0.6) is 11.5 Å². The third kappa shape index (κ3) is 3.80. The Hall–Kier alpha value is -3.94. The van der Waals surface area contributed by atoms with E-state index in [0.29, 0.717) is 28.4 Å². The highest BCUT2D eigenvalue weighted by atomic mass is 16.7. The van der Waals surface area contributed by atoms with E-state index in [1.54, 1.807) is 49.4 Å². The van der Waals surface area contributed by atoms with Gasteiger partial charge in [-0.1, -0.05) is 12.1 Å². The molecule has 1 aliphatic heterocycles. The summed E-state index contributed by atoms with van der Waals surface area (Å²) in [6.07, 6.45) is 0. The van der Waals surface area contributed by atoms with Crippen LogP contribution in [0.2, 0.25) is 0 Å². The van der Waals surface area contributed by atoms with Crippen molar-refractivity contribution in [3.63, 3.8) is 0 Å². The number of aromatic nitrogens is 2. The maximum Gasteiger partial charge on any atom is 0.267 e. The number of nitrogens with zero attached hydrogens (tertiary/aromatic N) is 2.